The number of quaternary nitrogens is 1. The van der Waals surface area contributed by atoms with E-state index in [1.165, 1.54) is 186 Å². The van der Waals surface area contributed by atoms with Crippen LogP contribution in [0.5, 0.6) is 0 Å². The van der Waals surface area contributed by atoms with Gasteiger partial charge in [0.2, 0.25) is 5.91 Å². The van der Waals surface area contributed by atoms with Gasteiger partial charge in [0.1, 0.15) is 13.2 Å². The molecule has 57 heavy (non-hydrogen) atoms. The number of rotatable bonds is 46. The Morgan fingerprint density at radius 2 is 0.860 bits per heavy atom. The number of nitrogens with zero attached hydrogens (tertiary/aromatic N) is 1. The molecular formula is C48H99N2O6P. The number of carbonyl (C=O) groups excluding carboxylic acids is 1. The summed E-state index contributed by atoms with van der Waals surface area (Å²) in [5, 5.41) is 14.0. The molecule has 0 saturated heterocycles. The second-order valence-electron chi connectivity index (χ2n) is 18.5. The second kappa shape index (κ2) is 40.9. The van der Waals surface area contributed by atoms with Crippen molar-refractivity contribution in [1.82, 2.24) is 5.32 Å². The highest BCUT2D eigenvalue weighted by molar-refractivity contribution is 7.45. The maximum absolute atomic E-state index is 12.9. The van der Waals surface area contributed by atoms with Gasteiger partial charge >= 0.3 is 0 Å². The van der Waals surface area contributed by atoms with Gasteiger partial charge in [-0.05, 0) is 12.8 Å². The van der Waals surface area contributed by atoms with E-state index in [0.717, 1.165) is 38.5 Å². The van der Waals surface area contributed by atoms with Crippen molar-refractivity contribution in [3.05, 3.63) is 0 Å². The molecule has 0 aliphatic carbocycles. The predicted octanol–water partition coefficient (Wildman–Crippen LogP) is 13.5. The van der Waals surface area contributed by atoms with E-state index < -0.39 is 20.0 Å². The van der Waals surface area contributed by atoms with Crippen LogP contribution in [0, 0.1) is 0 Å². The van der Waals surface area contributed by atoms with Crippen molar-refractivity contribution in [1.29, 1.82) is 0 Å². The molecule has 0 aliphatic rings. The molecule has 9 heteroatoms. The highest BCUT2D eigenvalue weighted by atomic mass is 31.2. The van der Waals surface area contributed by atoms with Gasteiger partial charge in [0.15, 0.2) is 0 Å². The number of hydrogen-bond acceptors (Lipinski definition) is 6. The highest BCUT2D eigenvalue weighted by Crippen LogP contribution is 2.38. The zero-order chi connectivity index (χ0) is 42.1. The maximum Gasteiger partial charge on any atom is 0.268 e. The Balaban J connectivity index is 4.24. The summed E-state index contributed by atoms with van der Waals surface area (Å²) in [7, 11) is 1.32. The summed E-state index contributed by atoms with van der Waals surface area (Å²) in [4.78, 5) is 25.4. The van der Waals surface area contributed by atoms with Crippen LogP contribution in [0.3, 0.4) is 0 Å². The van der Waals surface area contributed by atoms with Crippen LogP contribution in [0.25, 0.3) is 0 Å². The van der Waals surface area contributed by atoms with E-state index >= 15 is 0 Å². The van der Waals surface area contributed by atoms with Crippen molar-refractivity contribution in [3.63, 3.8) is 0 Å². The van der Waals surface area contributed by atoms with Crippen molar-refractivity contribution in [2.24, 2.45) is 0 Å². The van der Waals surface area contributed by atoms with Crippen molar-refractivity contribution >= 4 is 13.7 Å². The summed E-state index contributed by atoms with van der Waals surface area (Å²) in [5.41, 5.74) is 0. The molecule has 0 spiro atoms. The Morgan fingerprint density at radius 1 is 0.544 bits per heavy atom. The third-order valence-corrected chi connectivity index (χ3v) is 12.6. The molecule has 1 amide bonds. The number of hydrogen-bond donors (Lipinski definition) is 2. The van der Waals surface area contributed by atoms with Gasteiger partial charge in [0.05, 0.1) is 39.9 Å². The number of phosphoric ester groups is 1. The van der Waals surface area contributed by atoms with Gasteiger partial charge < -0.3 is 28.8 Å². The first-order valence-electron chi connectivity index (χ1n) is 24.9. The van der Waals surface area contributed by atoms with Crippen LogP contribution in [0.2, 0.25) is 0 Å². The van der Waals surface area contributed by atoms with E-state index in [1.54, 1.807) is 0 Å². The van der Waals surface area contributed by atoms with Gasteiger partial charge in [-0.25, -0.2) is 0 Å². The number of phosphoric acid groups is 1. The zero-order valence-electron chi connectivity index (χ0n) is 38.8. The Kier molecular flexibility index (Phi) is 40.5. The van der Waals surface area contributed by atoms with Crippen molar-refractivity contribution < 1.29 is 32.9 Å². The summed E-state index contributed by atoms with van der Waals surface area (Å²) < 4.78 is 23.3. The van der Waals surface area contributed by atoms with E-state index in [2.05, 4.69) is 19.2 Å². The molecule has 0 saturated carbocycles. The van der Waals surface area contributed by atoms with E-state index in [4.69, 9.17) is 9.05 Å². The van der Waals surface area contributed by atoms with Gasteiger partial charge in [-0.1, -0.05) is 232 Å². The average molecular weight is 831 g/mol. The van der Waals surface area contributed by atoms with Crippen LogP contribution < -0.4 is 10.2 Å². The Labute approximate surface area is 355 Å². The van der Waals surface area contributed by atoms with Crippen molar-refractivity contribution in [3.8, 4) is 0 Å². The van der Waals surface area contributed by atoms with Crippen LogP contribution >= 0.6 is 7.82 Å². The quantitative estimate of drug-likeness (QED) is 0.0359. The monoisotopic (exact) mass is 831 g/mol. The van der Waals surface area contributed by atoms with Crippen molar-refractivity contribution in [2.45, 2.75) is 264 Å². The van der Waals surface area contributed by atoms with Crippen molar-refractivity contribution in [2.75, 3.05) is 40.9 Å². The molecule has 1 unspecified atom stereocenters. The first kappa shape index (κ1) is 56.5. The number of likely N-dealkylation sites (N-methyl/N-ethyl adjacent to an activating group) is 1. The first-order valence-corrected chi connectivity index (χ1v) is 26.3. The minimum absolute atomic E-state index is 0.0163. The molecule has 0 heterocycles. The number of aliphatic hydroxyl groups excluding tert-OH is 1. The summed E-state index contributed by atoms with van der Waals surface area (Å²) in [5.74, 6) is -0.159. The van der Waals surface area contributed by atoms with Gasteiger partial charge in [0.25, 0.3) is 7.82 Å². The van der Waals surface area contributed by atoms with E-state index in [9.17, 15) is 19.4 Å². The van der Waals surface area contributed by atoms with Crippen LogP contribution in [-0.2, 0) is 18.4 Å². The van der Waals surface area contributed by atoms with E-state index in [-0.39, 0.29) is 19.1 Å². The molecule has 342 valence electrons. The maximum atomic E-state index is 12.9. The molecule has 0 aliphatic heterocycles. The first-order chi connectivity index (χ1) is 27.5. The number of amides is 1. The SMILES string of the molecule is CCCCCCCCCCCCCCCCCCCCCC(=O)N[C@@H](COP(=O)([O-])OCC[N+](C)(C)C)[C@H](O)CCCCCCCCCCCCCCCCCC. The minimum atomic E-state index is -4.56. The summed E-state index contributed by atoms with van der Waals surface area (Å²) in [6, 6.07) is -0.793. The largest absolute Gasteiger partial charge is 0.756 e. The fourth-order valence-electron chi connectivity index (χ4n) is 7.63. The van der Waals surface area contributed by atoms with Gasteiger partial charge in [-0.15, -0.1) is 0 Å². The van der Waals surface area contributed by atoms with E-state index in [1.807, 2.05) is 21.1 Å². The smallest absolute Gasteiger partial charge is 0.268 e. The molecule has 0 fully saturated rings. The standard InChI is InChI=1S/C48H99N2O6P/c1-6-8-10-12-14-16-18-20-22-24-25-26-28-30-32-34-36-38-40-42-48(52)49-46(45-56-57(53,54)55-44-43-50(3,4)5)47(51)41-39-37-35-33-31-29-27-23-21-19-17-15-13-11-9-7-2/h46-47,51H,6-45H2,1-5H3,(H-,49,52,53,54)/t46-,47+/m0/s1. The third-order valence-electron chi connectivity index (χ3n) is 11.6. The average Bonchev–Trinajstić information content (AvgIpc) is 3.16. The Bertz CT molecular complexity index is 901. The predicted molar refractivity (Wildman–Crippen MR) is 243 cm³/mol. The second-order valence-corrected chi connectivity index (χ2v) is 19.9. The number of nitrogens with one attached hydrogen (secondary N) is 1. The lowest BCUT2D eigenvalue weighted by atomic mass is 10.0. The number of unbranched alkanes of at least 4 members (excludes halogenated alkanes) is 33. The van der Waals surface area contributed by atoms with Gasteiger partial charge in [-0.2, -0.15) is 0 Å². The summed E-state index contributed by atoms with van der Waals surface area (Å²) in [6.45, 7) is 4.76. The lowest BCUT2D eigenvalue weighted by Crippen LogP contribution is -2.46. The molecular weight excluding hydrogens is 732 g/mol. The van der Waals surface area contributed by atoms with Gasteiger partial charge in [0, 0.05) is 6.42 Å². The topological polar surface area (TPSA) is 108 Å². The van der Waals surface area contributed by atoms with E-state index in [0.29, 0.717) is 23.9 Å². The molecule has 0 aromatic carbocycles. The Hall–Kier alpha value is -0.500. The highest BCUT2D eigenvalue weighted by Gasteiger charge is 2.24. The summed E-state index contributed by atoms with van der Waals surface area (Å²) in [6.07, 6.45) is 45.3. The zero-order valence-corrected chi connectivity index (χ0v) is 39.7. The lowest BCUT2D eigenvalue weighted by molar-refractivity contribution is -0.870. The number of carbonyl (C=O) groups is 1. The molecule has 0 bridgehead atoms. The molecule has 0 aromatic heterocycles. The third kappa shape index (κ3) is 43.4. The van der Waals surface area contributed by atoms with Crippen LogP contribution in [0.15, 0.2) is 0 Å². The molecule has 2 N–H and O–H groups in total. The minimum Gasteiger partial charge on any atom is -0.756 e. The fraction of sp³-hybridized carbons (Fsp3) is 0.979. The van der Waals surface area contributed by atoms with Crippen LogP contribution in [0.1, 0.15) is 251 Å². The normalized spacial score (nSPS) is 14.2. The molecule has 0 aromatic rings. The number of aliphatic hydroxyl groups is 1. The lowest BCUT2D eigenvalue weighted by Gasteiger charge is -2.30. The molecule has 0 rings (SSSR count). The fourth-order valence-corrected chi connectivity index (χ4v) is 8.35. The van der Waals surface area contributed by atoms with Crippen LogP contribution in [-0.4, -0.2) is 68.5 Å². The molecule has 0 radical (unpaired) electrons. The summed E-state index contributed by atoms with van der Waals surface area (Å²) >= 11 is 0. The Morgan fingerprint density at radius 3 is 1.19 bits per heavy atom. The van der Waals surface area contributed by atoms with Crippen LogP contribution in [0.4, 0.5) is 0 Å². The molecule has 3 atom stereocenters. The molecule has 8 nitrogen and oxygen atoms in total. The van der Waals surface area contributed by atoms with Gasteiger partial charge in [-0.3, -0.25) is 9.36 Å².